The van der Waals surface area contributed by atoms with Crippen LogP contribution in [0, 0.1) is 12.8 Å². The van der Waals surface area contributed by atoms with Gasteiger partial charge in [-0.25, -0.2) is 0 Å². The molecular weight excluding hydrogens is 180 g/mol. The van der Waals surface area contributed by atoms with Gasteiger partial charge in [0, 0.05) is 0 Å². The van der Waals surface area contributed by atoms with Gasteiger partial charge in [-0.05, 0) is 31.9 Å². The van der Waals surface area contributed by atoms with E-state index in [4.69, 9.17) is 4.42 Å². The zero-order valence-electron chi connectivity index (χ0n) is 9.00. The fraction of sp³-hybridized carbons (Fsp3) is 0.545. The number of furan rings is 1. The zero-order valence-corrected chi connectivity index (χ0v) is 9.00. The summed E-state index contributed by atoms with van der Waals surface area (Å²) in [4.78, 5) is 11.2. The van der Waals surface area contributed by atoms with Gasteiger partial charge in [0.1, 0.15) is 16.9 Å². The van der Waals surface area contributed by atoms with E-state index in [-0.39, 0.29) is 5.92 Å². The minimum absolute atomic E-state index is 0.00875. The topological polar surface area (TPSA) is 50.4 Å². The van der Waals surface area contributed by atoms with Crippen molar-refractivity contribution in [1.29, 1.82) is 0 Å². The van der Waals surface area contributed by atoms with Gasteiger partial charge in [0.2, 0.25) is 0 Å². The van der Waals surface area contributed by atoms with E-state index in [2.05, 4.69) is 0 Å². The highest BCUT2D eigenvalue weighted by atomic mass is 16.4. The van der Waals surface area contributed by atoms with E-state index in [9.17, 15) is 9.90 Å². The smallest absolute Gasteiger partial charge is 0.317 e. The van der Waals surface area contributed by atoms with E-state index in [1.54, 1.807) is 19.1 Å². The number of hydrogen-bond donors (Lipinski definition) is 1. The number of hydrogen-bond acceptors (Lipinski definition) is 2. The van der Waals surface area contributed by atoms with Crippen LogP contribution in [-0.4, -0.2) is 11.1 Å². The molecule has 1 rings (SSSR count). The second-order valence-corrected chi connectivity index (χ2v) is 4.07. The Labute approximate surface area is 83.7 Å². The monoisotopic (exact) mass is 196 g/mol. The van der Waals surface area contributed by atoms with E-state index in [1.165, 1.54) is 0 Å². The molecule has 1 heterocycles. The molecule has 1 N–H and O–H groups in total. The van der Waals surface area contributed by atoms with Gasteiger partial charge in [0.25, 0.3) is 0 Å². The molecule has 0 spiro atoms. The molecule has 1 aromatic rings. The number of carboxylic acids is 1. The van der Waals surface area contributed by atoms with Crippen molar-refractivity contribution in [2.75, 3.05) is 0 Å². The Bertz CT molecular complexity index is 338. The molecule has 0 aromatic carbocycles. The standard InChI is InChI=1S/C11H16O3/c1-7(2)11(4,10(12)13)9-6-5-8(3)14-9/h5-7H,1-4H3,(H,12,13). The molecule has 0 saturated heterocycles. The van der Waals surface area contributed by atoms with Crippen molar-refractivity contribution < 1.29 is 14.3 Å². The zero-order chi connectivity index (χ0) is 10.9. The summed E-state index contributed by atoms with van der Waals surface area (Å²) >= 11 is 0. The van der Waals surface area contributed by atoms with Gasteiger partial charge < -0.3 is 9.52 Å². The summed E-state index contributed by atoms with van der Waals surface area (Å²) < 4.78 is 5.39. The number of rotatable bonds is 3. The lowest BCUT2D eigenvalue weighted by molar-refractivity contribution is -0.145. The van der Waals surface area contributed by atoms with Gasteiger partial charge in [-0.1, -0.05) is 13.8 Å². The fourth-order valence-electron chi connectivity index (χ4n) is 1.35. The number of carboxylic acid groups (broad SMARTS) is 1. The average molecular weight is 196 g/mol. The second-order valence-electron chi connectivity index (χ2n) is 4.07. The molecular formula is C11H16O3. The fourth-order valence-corrected chi connectivity index (χ4v) is 1.35. The third-order valence-electron chi connectivity index (χ3n) is 2.85. The highest BCUT2D eigenvalue weighted by Crippen LogP contribution is 2.33. The maximum Gasteiger partial charge on any atom is 0.317 e. The Morgan fingerprint density at radius 2 is 2.07 bits per heavy atom. The van der Waals surface area contributed by atoms with Gasteiger partial charge in [-0.2, -0.15) is 0 Å². The van der Waals surface area contributed by atoms with Gasteiger partial charge >= 0.3 is 5.97 Å². The summed E-state index contributed by atoms with van der Waals surface area (Å²) in [5.41, 5.74) is -0.936. The predicted octanol–water partition coefficient (Wildman–Crippen LogP) is 2.59. The Morgan fingerprint density at radius 1 is 1.50 bits per heavy atom. The molecule has 3 nitrogen and oxygen atoms in total. The van der Waals surface area contributed by atoms with Crippen LogP contribution in [-0.2, 0) is 10.2 Å². The minimum Gasteiger partial charge on any atom is -0.480 e. The van der Waals surface area contributed by atoms with E-state index in [1.807, 2.05) is 20.8 Å². The van der Waals surface area contributed by atoms with Crippen LogP contribution in [0.4, 0.5) is 0 Å². The van der Waals surface area contributed by atoms with Crippen molar-refractivity contribution in [2.45, 2.75) is 33.1 Å². The quantitative estimate of drug-likeness (QED) is 0.808. The van der Waals surface area contributed by atoms with Crippen molar-refractivity contribution in [3.8, 4) is 0 Å². The van der Waals surface area contributed by atoms with Crippen LogP contribution >= 0.6 is 0 Å². The summed E-state index contributed by atoms with van der Waals surface area (Å²) in [6.45, 7) is 7.27. The first kappa shape index (κ1) is 10.8. The van der Waals surface area contributed by atoms with Gasteiger partial charge in [-0.15, -0.1) is 0 Å². The van der Waals surface area contributed by atoms with E-state index >= 15 is 0 Å². The molecule has 0 radical (unpaired) electrons. The molecule has 1 unspecified atom stereocenters. The largest absolute Gasteiger partial charge is 0.480 e. The third-order valence-corrected chi connectivity index (χ3v) is 2.85. The molecule has 0 aliphatic carbocycles. The lowest BCUT2D eigenvalue weighted by Crippen LogP contribution is -2.37. The first-order chi connectivity index (χ1) is 6.39. The van der Waals surface area contributed by atoms with Crippen LogP contribution in [0.1, 0.15) is 32.3 Å². The average Bonchev–Trinajstić information content (AvgIpc) is 2.49. The van der Waals surface area contributed by atoms with Crippen molar-refractivity contribution >= 4 is 5.97 Å². The van der Waals surface area contributed by atoms with Crippen molar-refractivity contribution in [2.24, 2.45) is 5.92 Å². The summed E-state index contributed by atoms with van der Waals surface area (Å²) in [6.07, 6.45) is 0. The maximum atomic E-state index is 11.2. The van der Waals surface area contributed by atoms with Gasteiger partial charge in [0.05, 0.1) is 0 Å². The van der Waals surface area contributed by atoms with Crippen LogP contribution in [0.15, 0.2) is 16.5 Å². The summed E-state index contributed by atoms with van der Waals surface area (Å²) in [6, 6.07) is 3.53. The first-order valence-corrected chi connectivity index (χ1v) is 4.69. The van der Waals surface area contributed by atoms with Crippen LogP contribution in [0.25, 0.3) is 0 Å². The Balaban J connectivity index is 3.19. The summed E-state index contributed by atoms with van der Waals surface area (Å²) in [5, 5.41) is 9.21. The summed E-state index contributed by atoms with van der Waals surface area (Å²) in [5.74, 6) is 0.415. The number of carbonyl (C=O) groups is 1. The van der Waals surface area contributed by atoms with Crippen molar-refractivity contribution in [3.05, 3.63) is 23.7 Å². The molecule has 1 aromatic heterocycles. The maximum absolute atomic E-state index is 11.2. The number of aliphatic carboxylic acids is 1. The highest BCUT2D eigenvalue weighted by Gasteiger charge is 2.41. The van der Waals surface area contributed by atoms with Crippen molar-refractivity contribution in [1.82, 2.24) is 0 Å². The molecule has 0 aliphatic heterocycles. The van der Waals surface area contributed by atoms with Gasteiger partial charge in [0.15, 0.2) is 0 Å². The lowest BCUT2D eigenvalue weighted by atomic mass is 9.77. The Hall–Kier alpha value is -1.25. The Morgan fingerprint density at radius 3 is 2.36 bits per heavy atom. The first-order valence-electron chi connectivity index (χ1n) is 4.69. The molecule has 3 heteroatoms. The van der Waals surface area contributed by atoms with Crippen LogP contribution in [0.5, 0.6) is 0 Å². The normalized spacial score (nSPS) is 15.5. The highest BCUT2D eigenvalue weighted by molar-refractivity contribution is 5.80. The molecule has 0 aliphatic rings. The van der Waals surface area contributed by atoms with Crippen LogP contribution in [0.2, 0.25) is 0 Å². The summed E-state index contributed by atoms with van der Waals surface area (Å²) in [7, 11) is 0. The van der Waals surface area contributed by atoms with Crippen molar-refractivity contribution in [3.63, 3.8) is 0 Å². The molecule has 14 heavy (non-hydrogen) atoms. The third kappa shape index (κ3) is 1.54. The van der Waals surface area contributed by atoms with E-state index in [0.717, 1.165) is 5.76 Å². The lowest BCUT2D eigenvalue weighted by Gasteiger charge is -2.26. The van der Waals surface area contributed by atoms with E-state index < -0.39 is 11.4 Å². The molecule has 0 fully saturated rings. The van der Waals surface area contributed by atoms with E-state index in [0.29, 0.717) is 5.76 Å². The second kappa shape index (κ2) is 3.48. The van der Waals surface area contributed by atoms with Crippen LogP contribution < -0.4 is 0 Å². The SMILES string of the molecule is Cc1ccc(C(C)(C(=O)O)C(C)C)o1. The molecule has 0 amide bonds. The Kier molecular flexibility index (Phi) is 2.69. The predicted molar refractivity (Wildman–Crippen MR) is 53.3 cm³/mol. The van der Waals surface area contributed by atoms with Gasteiger partial charge in [-0.3, -0.25) is 4.79 Å². The van der Waals surface area contributed by atoms with Crippen LogP contribution in [0.3, 0.4) is 0 Å². The minimum atomic E-state index is -0.936. The molecule has 0 bridgehead atoms. The molecule has 1 atom stereocenters. The molecule has 0 saturated carbocycles. The molecule has 78 valence electrons. The number of aryl methyl sites for hydroxylation is 1.